The van der Waals surface area contributed by atoms with Crippen molar-refractivity contribution in [2.75, 3.05) is 59.3 Å². The zero-order valence-corrected chi connectivity index (χ0v) is 47.4. The molecule has 0 spiro atoms. The fourth-order valence-electron chi connectivity index (χ4n) is 8.17. The van der Waals surface area contributed by atoms with Crippen LogP contribution in [0.2, 0.25) is 0 Å². The zero-order valence-electron chi connectivity index (χ0n) is 47.4. The molecule has 0 aliphatic heterocycles. The maximum atomic E-state index is 13.8. The molecule has 5 amide bonds. The maximum Gasteiger partial charge on any atom is 0.305 e. The molecule has 0 radical (unpaired) electrons. The van der Waals surface area contributed by atoms with Crippen molar-refractivity contribution in [3.63, 3.8) is 0 Å². The molecule has 0 bridgehead atoms. The summed E-state index contributed by atoms with van der Waals surface area (Å²) in [4.78, 5) is 161. The van der Waals surface area contributed by atoms with E-state index in [2.05, 4.69) is 47.2 Å². The molecule has 33 nitrogen and oxygen atoms in total. The van der Waals surface area contributed by atoms with Crippen LogP contribution in [0.15, 0.2) is 12.4 Å². The second kappa shape index (κ2) is 43.3. The van der Waals surface area contributed by atoms with E-state index >= 15 is 0 Å². The minimum Gasteiger partial charge on any atom is -0.481 e. The minimum atomic E-state index is -1.66. The van der Waals surface area contributed by atoms with Gasteiger partial charge < -0.3 is 71.7 Å². The molecule has 2 aromatic rings. The molecule has 11 N–H and O–H groups in total. The van der Waals surface area contributed by atoms with E-state index in [1.807, 2.05) is 0 Å². The highest BCUT2D eigenvalue weighted by atomic mass is 16.5. The molecular formula is C52H80N12O21. The summed E-state index contributed by atoms with van der Waals surface area (Å²) >= 11 is 0. The number of hydrogen-bond donors (Lipinski definition) is 10. The lowest BCUT2D eigenvalue weighted by molar-refractivity contribution is -0.144. The highest BCUT2D eigenvalue weighted by Gasteiger charge is 2.33. The van der Waals surface area contributed by atoms with E-state index in [1.165, 1.54) is 4.68 Å². The van der Waals surface area contributed by atoms with Crippen molar-refractivity contribution in [3.8, 4) is 0 Å². The summed E-state index contributed by atoms with van der Waals surface area (Å²) in [5, 5.41) is 65.6. The molecule has 5 atom stereocenters. The predicted molar refractivity (Wildman–Crippen MR) is 290 cm³/mol. The third-order valence-corrected chi connectivity index (χ3v) is 12.5. The third-order valence-electron chi connectivity index (χ3n) is 12.5. The number of unbranched alkanes of at least 4 members (excludes halogenated alkanes) is 3. The Bertz CT molecular complexity index is 2450. The van der Waals surface area contributed by atoms with Crippen LogP contribution in [0.3, 0.4) is 0 Å². The number of carboxylic acids is 4. The molecule has 2 rings (SSSR count). The number of carboxylic acid groups (broad SMARTS) is 4. The number of aliphatic carboxylic acids is 4. The van der Waals surface area contributed by atoms with E-state index in [4.69, 9.17) is 34.9 Å². The number of aryl methyl sites for hydroxylation is 4. The van der Waals surface area contributed by atoms with E-state index in [0.29, 0.717) is 82.6 Å². The van der Waals surface area contributed by atoms with Crippen LogP contribution in [0.5, 0.6) is 0 Å². The van der Waals surface area contributed by atoms with Gasteiger partial charge in [0.25, 0.3) is 12.9 Å². The summed E-state index contributed by atoms with van der Waals surface area (Å²) in [5.41, 5.74) is 6.61. The average molecular weight is 1210 g/mol. The van der Waals surface area contributed by atoms with Gasteiger partial charge in [-0.3, -0.25) is 71.7 Å². The van der Waals surface area contributed by atoms with Crippen LogP contribution in [0.4, 0.5) is 0 Å². The van der Waals surface area contributed by atoms with Gasteiger partial charge >= 0.3 is 23.9 Å². The minimum absolute atomic E-state index is 0.0116. The number of ketones is 2. The summed E-state index contributed by atoms with van der Waals surface area (Å²) in [7, 11) is 0. The Labute approximate surface area is 488 Å². The monoisotopic (exact) mass is 1210 g/mol. The molecule has 0 aliphatic rings. The first-order valence-electron chi connectivity index (χ1n) is 27.9. The number of hydrogen-bond acceptors (Lipinski definition) is 22. The van der Waals surface area contributed by atoms with Gasteiger partial charge in [0.15, 0.2) is 11.6 Å². The Morgan fingerprint density at radius 2 is 1.02 bits per heavy atom. The smallest absolute Gasteiger partial charge is 0.305 e. The first kappa shape index (κ1) is 72.8. The number of carbonyl (C=O) groups is 13. The number of nitrogens with two attached hydrogens (primary N) is 1. The van der Waals surface area contributed by atoms with Gasteiger partial charge in [-0.05, 0) is 70.6 Å². The topological polar surface area (TPSA) is 487 Å². The number of nitrogens with one attached hydrogen (secondary N) is 5. The maximum absolute atomic E-state index is 13.8. The van der Waals surface area contributed by atoms with Gasteiger partial charge in [0.2, 0.25) is 29.5 Å². The Morgan fingerprint density at radius 3 is 1.56 bits per heavy atom. The molecule has 2 aromatic heterocycles. The van der Waals surface area contributed by atoms with Gasteiger partial charge in [-0.1, -0.05) is 10.4 Å². The van der Waals surface area contributed by atoms with Crippen molar-refractivity contribution in [2.24, 2.45) is 17.6 Å². The van der Waals surface area contributed by atoms with Crippen LogP contribution in [-0.2, 0) is 107 Å². The molecule has 0 fully saturated rings. The van der Waals surface area contributed by atoms with E-state index < -0.39 is 134 Å². The van der Waals surface area contributed by atoms with Crippen LogP contribution in [-0.4, -0.2) is 206 Å². The number of rotatable bonds is 53. The lowest BCUT2D eigenvalue weighted by atomic mass is 9.92. The summed E-state index contributed by atoms with van der Waals surface area (Å²) < 4.78 is 23.4. The Morgan fingerprint density at radius 1 is 0.506 bits per heavy atom. The average Bonchev–Trinajstić information content (AvgIpc) is 4.33. The van der Waals surface area contributed by atoms with E-state index in [1.54, 1.807) is 17.1 Å². The van der Waals surface area contributed by atoms with Gasteiger partial charge in [0.1, 0.15) is 25.3 Å². The summed E-state index contributed by atoms with van der Waals surface area (Å²) in [5.74, 6) is -13.3. The van der Waals surface area contributed by atoms with E-state index in [-0.39, 0.29) is 97.2 Å². The van der Waals surface area contributed by atoms with Gasteiger partial charge in [0, 0.05) is 83.6 Å². The Kier molecular flexibility index (Phi) is 37.1. The zero-order chi connectivity index (χ0) is 62.8. The van der Waals surface area contributed by atoms with Gasteiger partial charge in [0.05, 0.1) is 68.5 Å². The standard InChI is InChI=1S/C52H80N12O21/c53-16-21-82-23-24-83-22-18-55-52(81)39(58-51(80)35(27-48(75)76)25-42(67)40(28-49(77)78)56-44(69)12-2-5-19-63-29-37(59-61-63)9-7-14-46(71)72)11-1-4-17-54-50(79)36(31-84-33-65)26-43(68)41(32-85-34-66)57-45(70)13-3-6-20-64-30-38(60-62-64)10-8-15-47(73)74/h29-30,33-36,39-41H,1-28,31-32,53H2,(H,54,79)(H,55,81)(H,56,69)(H,57,70)(H,58,80)(H,71,72)(H,73,74)(H,75,76)(H,77,78)/t35-,36-,39-,40-,41-/m0/s1. The first-order chi connectivity index (χ1) is 40.7. The van der Waals surface area contributed by atoms with Gasteiger partial charge in [-0.15, -0.1) is 10.2 Å². The second-order valence-electron chi connectivity index (χ2n) is 19.5. The SMILES string of the molecule is NCCOCCOCCNC(=O)[C@H](CCCCNC(=O)[C@H](COC=O)CC(=O)[C@H](COC=O)NC(=O)CCCCn1cc(CCCC(=O)O)nn1)NC(=O)[C@H](CC(=O)O)CC(=O)[C@H](CC(=O)O)NC(=O)CCCCn1cc(CCCC(=O)O)nn1. The summed E-state index contributed by atoms with van der Waals surface area (Å²) in [6.07, 6.45) is 3.05. The van der Waals surface area contributed by atoms with Gasteiger partial charge in [-0.2, -0.15) is 0 Å². The number of ether oxygens (including phenoxy) is 4. The van der Waals surface area contributed by atoms with E-state index in [9.17, 15) is 72.5 Å². The van der Waals surface area contributed by atoms with Crippen LogP contribution in [0, 0.1) is 11.8 Å². The van der Waals surface area contributed by atoms with Crippen molar-refractivity contribution >= 4 is 77.9 Å². The van der Waals surface area contributed by atoms with Crippen molar-refractivity contribution in [2.45, 2.75) is 153 Å². The first-order valence-corrected chi connectivity index (χ1v) is 27.9. The normalized spacial score (nSPS) is 12.7. The van der Waals surface area contributed by atoms with Crippen LogP contribution < -0.4 is 32.3 Å². The summed E-state index contributed by atoms with van der Waals surface area (Å²) in [6.45, 7) is 0.600. The van der Waals surface area contributed by atoms with Crippen LogP contribution in [0.25, 0.3) is 0 Å². The molecule has 33 heteroatoms. The molecule has 0 saturated heterocycles. The Balaban J connectivity index is 2.07. The lowest BCUT2D eigenvalue weighted by Gasteiger charge is -2.23. The summed E-state index contributed by atoms with van der Waals surface area (Å²) in [6, 6.07) is -4.40. The highest BCUT2D eigenvalue weighted by Crippen LogP contribution is 2.16. The lowest BCUT2D eigenvalue weighted by Crippen LogP contribution is -2.50. The fraction of sp³-hybridized carbons (Fsp3) is 0.673. The largest absolute Gasteiger partial charge is 0.481 e. The molecule has 2 heterocycles. The third kappa shape index (κ3) is 34.1. The number of amides is 5. The number of aromatic nitrogens is 6. The van der Waals surface area contributed by atoms with Crippen LogP contribution in [0.1, 0.15) is 121 Å². The number of Topliss-reactive ketones (excluding diaryl/α,β-unsaturated/α-hetero) is 2. The molecule has 0 saturated carbocycles. The second-order valence-corrected chi connectivity index (χ2v) is 19.5. The Hall–Kier alpha value is -8.33. The molecule has 0 aromatic carbocycles. The van der Waals surface area contributed by atoms with Crippen LogP contribution >= 0.6 is 0 Å². The fourth-order valence-corrected chi connectivity index (χ4v) is 8.17. The van der Waals surface area contributed by atoms with Crippen molar-refractivity contribution < 1.29 is 102 Å². The van der Waals surface area contributed by atoms with Crippen molar-refractivity contribution in [1.82, 2.24) is 56.6 Å². The van der Waals surface area contributed by atoms with E-state index in [0.717, 1.165) is 0 Å². The predicted octanol–water partition coefficient (Wildman–Crippen LogP) is -1.98. The molecular weight excluding hydrogens is 1130 g/mol. The molecule has 474 valence electrons. The molecule has 0 unspecified atom stereocenters. The van der Waals surface area contributed by atoms with Crippen molar-refractivity contribution in [1.29, 1.82) is 0 Å². The van der Waals surface area contributed by atoms with Gasteiger partial charge in [-0.25, -0.2) is 0 Å². The molecule has 85 heavy (non-hydrogen) atoms. The highest BCUT2D eigenvalue weighted by molar-refractivity contribution is 5.97. The number of nitrogens with zero attached hydrogens (tertiary/aromatic N) is 6. The quantitative estimate of drug-likeness (QED) is 0.0253. The molecule has 0 aliphatic carbocycles. The number of carbonyl (C=O) groups excluding carboxylic acids is 9. The van der Waals surface area contributed by atoms with Crippen molar-refractivity contribution in [3.05, 3.63) is 23.8 Å².